The first-order valence-corrected chi connectivity index (χ1v) is 19.5. The highest BCUT2D eigenvalue weighted by Gasteiger charge is 2.46. The number of nitrogens with one attached hydrogen (secondary N) is 2. The number of methoxy groups -OCH3 is 3. The van der Waals surface area contributed by atoms with Crippen molar-refractivity contribution in [3.8, 4) is 0 Å². The molecule has 1 heterocycles. The molecule has 4 amide bonds. The van der Waals surface area contributed by atoms with Gasteiger partial charge in [-0.2, -0.15) is 0 Å². The normalized spacial score (nSPS) is 20.4. The molecule has 10 atom stereocenters. The van der Waals surface area contributed by atoms with E-state index in [0.29, 0.717) is 12.8 Å². The van der Waals surface area contributed by atoms with Crippen LogP contribution in [0.4, 0.5) is 4.39 Å². The fourth-order valence-electron chi connectivity index (χ4n) is 7.84. The lowest BCUT2D eigenvalue weighted by atomic mass is 9.89. The number of hydrogen-bond donors (Lipinski definition) is 2. The lowest BCUT2D eigenvalue weighted by Gasteiger charge is -2.41. The Kier molecular flexibility index (Phi) is 18.8. The van der Waals surface area contributed by atoms with Crippen LogP contribution in [0.3, 0.4) is 0 Å². The molecule has 1 aliphatic heterocycles. The summed E-state index contributed by atoms with van der Waals surface area (Å²) in [5, 5.41) is 5.78. The zero-order valence-corrected chi connectivity index (χ0v) is 35.6. The maximum absolute atomic E-state index is 14.3. The second kappa shape index (κ2) is 21.7. The van der Waals surface area contributed by atoms with E-state index in [0.717, 1.165) is 0 Å². The molecule has 0 spiro atoms. The number of nitrogens with zero attached hydrogens (tertiary/aromatic N) is 3. The summed E-state index contributed by atoms with van der Waals surface area (Å²) in [6.45, 7) is 15.2. The van der Waals surface area contributed by atoms with Crippen LogP contribution < -0.4 is 10.6 Å². The standard InChI is InChI=1S/C41H68FN5O8/c1-15-25(6)36(46(11)41(52)34(23(2)3)44-40(51)35(24(4)5)45(9)10)32(54-13)21-33(48)47-22-30(53-12)20-31(47)38(55-14)26(7)39(50)43-27(8)37(49)28-16-18-29(42)19-17-28/h16-19,23-27,30-32,34-36,38H,15,20-22H2,1-14H3,(H,43,50)(H,44,51)/t25-,26+,27-,30+,31?,32+,34-,35-,36-,38+/m0/s1. The summed E-state index contributed by atoms with van der Waals surface area (Å²) in [7, 11) is 9.95. The average molecular weight is 778 g/mol. The van der Waals surface area contributed by atoms with Crippen molar-refractivity contribution in [3.05, 3.63) is 35.6 Å². The summed E-state index contributed by atoms with van der Waals surface area (Å²) in [4.78, 5) is 73.7. The van der Waals surface area contributed by atoms with E-state index in [-0.39, 0.29) is 65.9 Å². The Hall–Kier alpha value is -3.46. The van der Waals surface area contributed by atoms with Crippen molar-refractivity contribution < 1.29 is 42.6 Å². The van der Waals surface area contributed by atoms with Crippen molar-refractivity contribution in [3.63, 3.8) is 0 Å². The first-order chi connectivity index (χ1) is 25.7. The molecular formula is C41H68FN5O8. The molecule has 1 saturated heterocycles. The van der Waals surface area contributed by atoms with Crippen molar-refractivity contribution in [2.24, 2.45) is 23.7 Å². The number of amides is 4. The molecule has 0 saturated carbocycles. The summed E-state index contributed by atoms with van der Waals surface area (Å²) >= 11 is 0. The second-order valence-electron chi connectivity index (χ2n) is 16.0. The van der Waals surface area contributed by atoms with E-state index in [4.69, 9.17) is 14.2 Å². The number of Topliss-reactive ketones (excluding diaryl/α,β-unsaturated/α-hetero) is 1. The molecule has 1 unspecified atom stereocenters. The molecule has 2 rings (SSSR count). The van der Waals surface area contributed by atoms with Crippen molar-refractivity contribution in [1.29, 1.82) is 0 Å². The molecule has 0 aromatic heterocycles. The predicted octanol–water partition coefficient (Wildman–Crippen LogP) is 3.79. The summed E-state index contributed by atoms with van der Waals surface area (Å²) in [5.74, 6) is -3.05. The molecule has 13 nitrogen and oxygen atoms in total. The highest BCUT2D eigenvalue weighted by atomic mass is 19.1. The van der Waals surface area contributed by atoms with Crippen LogP contribution in [0.25, 0.3) is 0 Å². The number of benzene rings is 1. The Bertz CT molecular complexity index is 1420. The minimum Gasteiger partial charge on any atom is -0.380 e. The van der Waals surface area contributed by atoms with Gasteiger partial charge in [0.15, 0.2) is 5.78 Å². The number of rotatable bonds is 21. The number of ketones is 1. The predicted molar refractivity (Wildman–Crippen MR) is 210 cm³/mol. The minimum atomic E-state index is -0.890. The Balaban J connectivity index is 2.33. The summed E-state index contributed by atoms with van der Waals surface area (Å²) in [5.41, 5.74) is 0.268. The van der Waals surface area contributed by atoms with Gasteiger partial charge in [0.1, 0.15) is 11.9 Å². The third-order valence-electron chi connectivity index (χ3n) is 11.2. The van der Waals surface area contributed by atoms with Gasteiger partial charge < -0.3 is 34.6 Å². The van der Waals surface area contributed by atoms with Gasteiger partial charge in [-0.25, -0.2) is 4.39 Å². The fraction of sp³-hybridized carbons (Fsp3) is 0.732. The van der Waals surface area contributed by atoms with E-state index in [9.17, 15) is 28.4 Å². The molecule has 14 heteroatoms. The molecule has 0 bridgehead atoms. The van der Waals surface area contributed by atoms with E-state index in [1.807, 2.05) is 60.5 Å². The van der Waals surface area contributed by atoms with Crippen LogP contribution >= 0.6 is 0 Å². The van der Waals surface area contributed by atoms with Crippen molar-refractivity contribution in [1.82, 2.24) is 25.3 Å². The smallest absolute Gasteiger partial charge is 0.245 e. The lowest BCUT2D eigenvalue weighted by Crippen LogP contribution is -2.59. The molecule has 2 N–H and O–H groups in total. The summed E-state index contributed by atoms with van der Waals surface area (Å²) in [6.07, 6.45) is -0.724. The van der Waals surface area contributed by atoms with Gasteiger partial charge in [-0.1, -0.05) is 54.9 Å². The van der Waals surface area contributed by atoms with Crippen LogP contribution in [0.2, 0.25) is 0 Å². The van der Waals surface area contributed by atoms with E-state index in [2.05, 4.69) is 10.6 Å². The number of likely N-dealkylation sites (N-methyl/N-ethyl adjacent to an activating group) is 2. The highest BCUT2D eigenvalue weighted by Crippen LogP contribution is 2.31. The Morgan fingerprint density at radius 2 is 1.47 bits per heavy atom. The molecule has 1 fully saturated rings. The largest absolute Gasteiger partial charge is 0.380 e. The second-order valence-corrected chi connectivity index (χ2v) is 16.0. The van der Waals surface area contributed by atoms with Crippen LogP contribution in [0.1, 0.15) is 85.0 Å². The number of ether oxygens (including phenoxy) is 3. The monoisotopic (exact) mass is 778 g/mol. The summed E-state index contributed by atoms with van der Waals surface area (Å²) < 4.78 is 31.0. The fourth-order valence-corrected chi connectivity index (χ4v) is 7.84. The molecular weight excluding hydrogens is 709 g/mol. The van der Waals surface area contributed by atoms with Crippen LogP contribution in [-0.2, 0) is 33.4 Å². The van der Waals surface area contributed by atoms with E-state index >= 15 is 0 Å². The molecule has 1 aromatic carbocycles. The highest BCUT2D eigenvalue weighted by molar-refractivity contribution is 6.01. The number of hydrogen-bond acceptors (Lipinski definition) is 9. The third-order valence-corrected chi connectivity index (χ3v) is 11.2. The van der Waals surface area contributed by atoms with Gasteiger partial charge in [0.05, 0.1) is 54.8 Å². The van der Waals surface area contributed by atoms with E-state index in [1.54, 1.807) is 37.8 Å². The van der Waals surface area contributed by atoms with Crippen molar-refractivity contribution in [2.45, 2.75) is 123 Å². The maximum Gasteiger partial charge on any atom is 0.245 e. The topological polar surface area (TPSA) is 147 Å². The van der Waals surface area contributed by atoms with Crippen LogP contribution in [-0.4, -0.2) is 142 Å². The molecule has 1 aliphatic rings. The summed E-state index contributed by atoms with van der Waals surface area (Å²) in [6, 6.07) is 1.96. The molecule has 0 aliphatic carbocycles. The van der Waals surface area contributed by atoms with Crippen LogP contribution in [0.5, 0.6) is 0 Å². The SMILES string of the molecule is CC[C@H](C)[C@@H]([C@@H](CC(=O)N1C[C@H](OC)CC1[C@H](OC)[C@@H](C)C(=O)N[C@@H](C)C(=O)c1ccc(F)cc1)OC)N(C)C(=O)[C@@H](NC(=O)[C@H](C(C)C)N(C)C)C(C)C. The van der Waals surface area contributed by atoms with Gasteiger partial charge in [0.2, 0.25) is 23.6 Å². The van der Waals surface area contributed by atoms with Gasteiger partial charge in [-0.05, 0) is 69.5 Å². The molecule has 1 aromatic rings. The first-order valence-electron chi connectivity index (χ1n) is 19.5. The minimum absolute atomic E-state index is 0.0233. The Morgan fingerprint density at radius 1 is 0.873 bits per heavy atom. The quantitative estimate of drug-likeness (QED) is 0.178. The number of carbonyl (C=O) groups excluding carboxylic acids is 5. The maximum atomic E-state index is 14.3. The van der Waals surface area contributed by atoms with Crippen molar-refractivity contribution in [2.75, 3.05) is 49.0 Å². The third kappa shape index (κ3) is 12.3. The number of likely N-dealkylation sites (tertiary alicyclic amines) is 1. The molecule has 55 heavy (non-hydrogen) atoms. The van der Waals surface area contributed by atoms with Gasteiger partial charge in [-0.15, -0.1) is 0 Å². The lowest BCUT2D eigenvalue weighted by molar-refractivity contribution is -0.148. The number of carbonyl (C=O) groups is 5. The van der Waals surface area contributed by atoms with Gasteiger partial charge in [0, 0.05) is 40.5 Å². The zero-order chi connectivity index (χ0) is 41.9. The van der Waals surface area contributed by atoms with E-state index in [1.165, 1.54) is 38.5 Å². The Labute approximate surface area is 328 Å². The van der Waals surface area contributed by atoms with Crippen LogP contribution in [0.15, 0.2) is 24.3 Å². The Morgan fingerprint density at radius 3 is 1.95 bits per heavy atom. The zero-order valence-electron chi connectivity index (χ0n) is 35.6. The number of halogens is 1. The first kappa shape index (κ1) is 47.7. The van der Waals surface area contributed by atoms with E-state index < -0.39 is 60.1 Å². The molecule has 312 valence electrons. The van der Waals surface area contributed by atoms with Crippen LogP contribution in [0, 0.1) is 29.5 Å². The molecule has 0 radical (unpaired) electrons. The van der Waals surface area contributed by atoms with Gasteiger partial charge >= 0.3 is 0 Å². The van der Waals surface area contributed by atoms with Gasteiger partial charge in [0.25, 0.3) is 0 Å². The van der Waals surface area contributed by atoms with Gasteiger partial charge in [-0.3, -0.25) is 28.9 Å². The average Bonchev–Trinajstić information content (AvgIpc) is 3.57. The van der Waals surface area contributed by atoms with Crippen molar-refractivity contribution >= 4 is 29.4 Å².